The molecule has 0 saturated carbocycles. The molecule has 8 nitrogen and oxygen atoms in total. The number of anilines is 1. The molecular weight excluding hydrogens is 359 g/mol. The van der Waals surface area contributed by atoms with Crippen molar-refractivity contribution in [1.29, 1.82) is 0 Å². The molecule has 2 rings (SSSR count). The highest BCUT2D eigenvalue weighted by Crippen LogP contribution is 2.29. The molecule has 11 heteroatoms. The Bertz CT molecular complexity index is 908. The minimum absolute atomic E-state index is 0.0493. The Morgan fingerprint density at radius 1 is 1.31 bits per heavy atom. The Kier molecular flexibility index (Phi) is 5.29. The average molecular weight is 371 g/mol. The number of benzene rings is 1. The first kappa shape index (κ1) is 19.0. The standard InChI is InChI=1S/C15H12F3N3O5/c1-26-12-4-3-10(21(24)25)6-11(12)19-13(22)8-20-7-9(15(16,17)18)2-5-14(20)23/h2-7H,8H2,1H3,(H,19,22). The van der Waals surface area contributed by atoms with Gasteiger partial charge in [-0.25, -0.2) is 0 Å². The molecule has 2 aromatic rings. The summed E-state index contributed by atoms with van der Waals surface area (Å²) in [5, 5.41) is 13.1. The molecule has 1 aromatic carbocycles. The first-order valence-corrected chi connectivity index (χ1v) is 7.02. The fraction of sp³-hybridized carbons (Fsp3) is 0.200. The summed E-state index contributed by atoms with van der Waals surface area (Å²) in [7, 11) is 1.27. The van der Waals surface area contributed by atoms with Crippen molar-refractivity contribution in [3.05, 3.63) is 62.6 Å². The highest BCUT2D eigenvalue weighted by atomic mass is 19.4. The molecule has 1 aromatic heterocycles. The van der Waals surface area contributed by atoms with Crippen LogP contribution >= 0.6 is 0 Å². The summed E-state index contributed by atoms with van der Waals surface area (Å²) in [5.41, 5.74) is -2.26. The number of nitrogens with zero attached hydrogens (tertiary/aromatic N) is 2. The summed E-state index contributed by atoms with van der Waals surface area (Å²) in [4.78, 5) is 33.8. The van der Waals surface area contributed by atoms with Gasteiger partial charge in [0.15, 0.2) is 0 Å². The van der Waals surface area contributed by atoms with Gasteiger partial charge in [0.25, 0.3) is 11.2 Å². The van der Waals surface area contributed by atoms with Gasteiger partial charge in [-0.15, -0.1) is 0 Å². The molecule has 138 valence electrons. The van der Waals surface area contributed by atoms with Crippen molar-refractivity contribution in [2.75, 3.05) is 12.4 Å². The predicted molar refractivity (Wildman–Crippen MR) is 84.0 cm³/mol. The van der Waals surface area contributed by atoms with Crippen LogP contribution < -0.4 is 15.6 Å². The first-order valence-electron chi connectivity index (χ1n) is 7.02. The number of hydrogen-bond donors (Lipinski definition) is 1. The van der Waals surface area contributed by atoms with E-state index in [1.165, 1.54) is 13.2 Å². The van der Waals surface area contributed by atoms with Gasteiger partial charge in [-0.2, -0.15) is 13.2 Å². The summed E-state index contributed by atoms with van der Waals surface area (Å²) in [6.07, 6.45) is -4.15. The van der Waals surface area contributed by atoms with Crippen LogP contribution in [0.2, 0.25) is 0 Å². The molecule has 0 aliphatic heterocycles. The minimum Gasteiger partial charge on any atom is -0.495 e. The van der Waals surface area contributed by atoms with Crippen LogP contribution in [-0.2, 0) is 17.5 Å². The van der Waals surface area contributed by atoms with Crippen molar-refractivity contribution in [3.8, 4) is 5.75 Å². The van der Waals surface area contributed by atoms with Crippen molar-refractivity contribution in [2.24, 2.45) is 0 Å². The number of pyridine rings is 1. The van der Waals surface area contributed by atoms with Gasteiger partial charge in [-0.1, -0.05) is 0 Å². The van der Waals surface area contributed by atoms with E-state index in [0.29, 0.717) is 22.9 Å². The SMILES string of the molecule is COc1ccc([N+](=O)[O-])cc1NC(=O)Cn1cc(C(F)(F)F)ccc1=O. The molecule has 1 N–H and O–H groups in total. The van der Waals surface area contributed by atoms with Gasteiger partial charge >= 0.3 is 6.18 Å². The Morgan fingerprint density at radius 2 is 2.00 bits per heavy atom. The summed E-state index contributed by atoms with van der Waals surface area (Å²) in [5.74, 6) is -0.745. The number of nitrogens with one attached hydrogen (secondary N) is 1. The van der Waals surface area contributed by atoms with Crippen molar-refractivity contribution in [1.82, 2.24) is 4.57 Å². The van der Waals surface area contributed by atoms with Gasteiger partial charge < -0.3 is 14.6 Å². The second-order valence-electron chi connectivity index (χ2n) is 5.07. The summed E-state index contributed by atoms with van der Waals surface area (Å²) in [6.45, 7) is -0.714. The van der Waals surface area contributed by atoms with Crippen LogP contribution in [0.3, 0.4) is 0 Å². The highest BCUT2D eigenvalue weighted by Gasteiger charge is 2.31. The van der Waals surface area contributed by atoms with Gasteiger partial charge in [0, 0.05) is 24.4 Å². The largest absolute Gasteiger partial charge is 0.495 e. The molecule has 0 spiro atoms. The number of methoxy groups -OCH3 is 1. The highest BCUT2D eigenvalue weighted by molar-refractivity contribution is 5.92. The van der Waals surface area contributed by atoms with E-state index < -0.39 is 34.7 Å². The minimum atomic E-state index is -4.67. The van der Waals surface area contributed by atoms with E-state index in [0.717, 1.165) is 12.1 Å². The lowest BCUT2D eigenvalue weighted by Crippen LogP contribution is -2.28. The smallest absolute Gasteiger partial charge is 0.417 e. The number of ether oxygens (including phenoxy) is 1. The summed E-state index contributed by atoms with van der Waals surface area (Å²) >= 11 is 0. The quantitative estimate of drug-likeness (QED) is 0.642. The van der Waals surface area contributed by atoms with Crippen LogP contribution in [-0.4, -0.2) is 22.5 Å². The van der Waals surface area contributed by atoms with E-state index in [1.807, 2.05) is 0 Å². The fourth-order valence-corrected chi connectivity index (χ4v) is 2.07. The van der Waals surface area contributed by atoms with Gasteiger partial charge in [-0.05, 0) is 12.1 Å². The number of halogens is 3. The third kappa shape index (κ3) is 4.37. The Morgan fingerprint density at radius 3 is 2.58 bits per heavy atom. The van der Waals surface area contributed by atoms with Gasteiger partial charge in [0.05, 0.1) is 23.3 Å². The van der Waals surface area contributed by atoms with Crippen LogP contribution in [0, 0.1) is 10.1 Å². The van der Waals surface area contributed by atoms with Crippen molar-refractivity contribution >= 4 is 17.3 Å². The normalized spacial score (nSPS) is 11.1. The van der Waals surface area contributed by atoms with E-state index in [9.17, 15) is 32.9 Å². The van der Waals surface area contributed by atoms with Crippen LogP contribution in [0.4, 0.5) is 24.5 Å². The van der Waals surface area contributed by atoms with Gasteiger partial charge in [0.2, 0.25) is 5.91 Å². The topological polar surface area (TPSA) is 103 Å². The number of carbonyl (C=O) groups excluding carboxylic acids is 1. The maximum absolute atomic E-state index is 12.7. The molecule has 0 atom stereocenters. The van der Waals surface area contributed by atoms with E-state index in [1.54, 1.807) is 0 Å². The molecule has 0 bridgehead atoms. The molecule has 0 fully saturated rings. The zero-order valence-corrected chi connectivity index (χ0v) is 13.2. The zero-order chi connectivity index (χ0) is 19.5. The van der Waals surface area contributed by atoms with E-state index in [-0.39, 0.29) is 17.1 Å². The van der Waals surface area contributed by atoms with E-state index in [4.69, 9.17) is 4.74 Å². The number of rotatable bonds is 5. The molecule has 0 radical (unpaired) electrons. The molecule has 0 aliphatic rings. The summed E-state index contributed by atoms with van der Waals surface area (Å²) < 4.78 is 43.7. The van der Waals surface area contributed by atoms with Crippen LogP contribution in [0.1, 0.15) is 5.56 Å². The number of nitro groups is 1. The third-order valence-electron chi connectivity index (χ3n) is 3.29. The second kappa shape index (κ2) is 7.25. The Labute approximate surface area is 144 Å². The predicted octanol–water partition coefficient (Wildman–Crippen LogP) is 2.42. The zero-order valence-electron chi connectivity index (χ0n) is 13.2. The maximum Gasteiger partial charge on any atom is 0.417 e. The molecule has 1 amide bonds. The monoisotopic (exact) mass is 371 g/mol. The van der Waals surface area contributed by atoms with Crippen molar-refractivity contribution in [2.45, 2.75) is 12.7 Å². The number of carbonyl (C=O) groups is 1. The lowest BCUT2D eigenvalue weighted by atomic mass is 10.2. The van der Waals surface area contributed by atoms with Crippen molar-refractivity contribution in [3.63, 3.8) is 0 Å². The molecule has 26 heavy (non-hydrogen) atoms. The van der Waals surface area contributed by atoms with Crippen LogP contribution in [0.5, 0.6) is 5.75 Å². The maximum atomic E-state index is 12.7. The molecule has 0 saturated heterocycles. The molecule has 1 heterocycles. The molecular formula is C15H12F3N3O5. The lowest BCUT2D eigenvalue weighted by Gasteiger charge is -2.12. The van der Waals surface area contributed by atoms with Gasteiger partial charge in [0.1, 0.15) is 12.3 Å². The fourth-order valence-electron chi connectivity index (χ4n) is 2.07. The summed E-state index contributed by atoms with van der Waals surface area (Å²) in [6, 6.07) is 4.76. The number of non-ortho nitro benzene ring substituents is 1. The van der Waals surface area contributed by atoms with E-state index >= 15 is 0 Å². The Balaban J connectivity index is 2.26. The number of alkyl halides is 3. The first-order chi connectivity index (χ1) is 12.1. The number of hydrogen-bond acceptors (Lipinski definition) is 5. The molecule has 0 aliphatic carbocycles. The van der Waals surface area contributed by atoms with E-state index in [2.05, 4.69) is 5.32 Å². The number of nitro benzene ring substituents is 1. The third-order valence-corrected chi connectivity index (χ3v) is 3.29. The number of aromatic nitrogens is 1. The Hall–Kier alpha value is -3.37. The van der Waals surface area contributed by atoms with Crippen LogP contribution in [0.15, 0.2) is 41.3 Å². The van der Waals surface area contributed by atoms with Crippen molar-refractivity contribution < 1.29 is 27.6 Å². The second-order valence-corrected chi connectivity index (χ2v) is 5.07. The molecule has 0 unspecified atom stereocenters. The average Bonchev–Trinajstić information content (AvgIpc) is 2.55. The van der Waals surface area contributed by atoms with Gasteiger partial charge in [-0.3, -0.25) is 19.7 Å². The van der Waals surface area contributed by atoms with Crippen LogP contribution in [0.25, 0.3) is 0 Å². The number of amides is 1. The lowest BCUT2D eigenvalue weighted by molar-refractivity contribution is -0.384.